The van der Waals surface area contributed by atoms with Crippen molar-refractivity contribution in [2.24, 2.45) is 0 Å². The average molecular weight is 229 g/mol. The van der Waals surface area contributed by atoms with Crippen molar-refractivity contribution in [1.29, 1.82) is 0 Å². The topological polar surface area (TPSA) is 32.3 Å². The maximum atomic E-state index is 13.6. The smallest absolute Gasteiger partial charge is 0.131 e. The van der Waals surface area contributed by atoms with Gasteiger partial charge in [-0.2, -0.15) is 0 Å². The molecule has 0 spiro atoms. The Morgan fingerprint density at radius 3 is 2.31 bits per heavy atom. The minimum absolute atomic E-state index is 0.00843. The molecule has 4 heteroatoms. The molecular weight excluding hydrogens is 212 g/mol. The molecule has 0 heterocycles. The highest BCUT2D eigenvalue weighted by Crippen LogP contribution is 2.29. The van der Waals surface area contributed by atoms with Crippen LogP contribution >= 0.6 is 0 Å². The molecule has 0 aliphatic heterocycles. The van der Waals surface area contributed by atoms with E-state index in [1.807, 2.05) is 6.92 Å². The van der Waals surface area contributed by atoms with E-state index in [4.69, 9.17) is 5.11 Å². The zero-order chi connectivity index (χ0) is 12.2. The van der Waals surface area contributed by atoms with Crippen molar-refractivity contribution in [2.45, 2.75) is 25.8 Å². The number of benzene rings is 1. The van der Waals surface area contributed by atoms with Crippen molar-refractivity contribution < 1.29 is 13.9 Å². The summed E-state index contributed by atoms with van der Waals surface area (Å²) in [6, 6.07) is 3.79. The summed E-state index contributed by atoms with van der Waals surface area (Å²) in [5.74, 6) is -1.17. The van der Waals surface area contributed by atoms with Crippen molar-refractivity contribution in [3.8, 4) is 0 Å². The van der Waals surface area contributed by atoms with Gasteiger partial charge >= 0.3 is 0 Å². The highest BCUT2D eigenvalue weighted by Gasteiger charge is 2.30. The van der Waals surface area contributed by atoms with Gasteiger partial charge in [0.15, 0.2) is 0 Å². The molecule has 0 aliphatic rings. The molecule has 0 saturated carbocycles. The van der Waals surface area contributed by atoms with Gasteiger partial charge in [-0.1, -0.05) is 13.0 Å². The zero-order valence-electron chi connectivity index (χ0n) is 9.56. The normalized spacial score (nSPS) is 14.8. The average Bonchev–Trinajstić information content (AvgIpc) is 2.17. The van der Waals surface area contributed by atoms with Gasteiger partial charge in [-0.15, -0.1) is 0 Å². The summed E-state index contributed by atoms with van der Waals surface area (Å²) in [6.45, 7) is 3.99. The Balaban J connectivity index is 3.19. The van der Waals surface area contributed by atoms with E-state index >= 15 is 0 Å². The summed E-state index contributed by atoms with van der Waals surface area (Å²) in [7, 11) is 0. The van der Waals surface area contributed by atoms with Crippen LogP contribution in [0.2, 0.25) is 0 Å². The first kappa shape index (κ1) is 13.1. The third-order valence-electron chi connectivity index (χ3n) is 2.69. The summed E-state index contributed by atoms with van der Waals surface area (Å²) in [6.07, 6.45) is 0.263. The van der Waals surface area contributed by atoms with Gasteiger partial charge in [0.1, 0.15) is 11.6 Å². The SMILES string of the molecule is CCNC(C)(CCO)c1c(F)cccc1F. The van der Waals surface area contributed by atoms with Crippen molar-refractivity contribution >= 4 is 0 Å². The predicted molar refractivity (Wildman–Crippen MR) is 59.1 cm³/mol. The summed E-state index contributed by atoms with van der Waals surface area (Å²) in [4.78, 5) is 0. The zero-order valence-corrected chi connectivity index (χ0v) is 9.56. The molecular formula is C12H17F2NO. The quantitative estimate of drug-likeness (QED) is 0.811. The van der Waals surface area contributed by atoms with E-state index in [9.17, 15) is 8.78 Å². The van der Waals surface area contributed by atoms with Crippen molar-refractivity contribution in [2.75, 3.05) is 13.2 Å². The van der Waals surface area contributed by atoms with Gasteiger partial charge < -0.3 is 10.4 Å². The second-order valence-electron chi connectivity index (χ2n) is 3.93. The van der Waals surface area contributed by atoms with Crippen LogP contribution in [0.1, 0.15) is 25.8 Å². The number of hydrogen-bond acceptors (Lipinski definition) is 2. The van der Waals surface area contributed by atoms with Crippen LogP contribution in [0.4, 0.5) is 8.78 Å². The molecule has 0 bridgehead atoms. The van der Waals surface area contributed by atoms with Gasteiger partial charge in [0.05, 0.1) is 0 Å². The summed E-state index contributed by atoms with van der Waals surface area (Å²) in [5.41, 5.74) is -0.884. The lowest BCUT2D eigenvalue weighted by atomic mass is 9.88. The third kappa shape index (κ3) is 2.57. The van der Waals surface area contributed by atoms with Crippen LogP contribution < -0.4 is 5.32 Å². The van der Waals surface area contributed by atoms with Crippen LogP contribution in [0.15, 0.2) is 18.2 Å². The molecule has 1 aromatic carbocycles. The molecule has 0 aliphatic carbocycles. The molecule has 1 unspecified atom stereocenters. The predicted octanol–water partition coefficient (Wildman–Crippen LogP) is 2.17. The third-order valence-corrected chi connectivity index (χ3v) is 2.69. The molecule has 2 nitrogen and oxygen atoms in total. The fourth-order valence-electron chi connectivity index (χ4n) is 1.94. The molecule has 0 radical (unpaired) electrons. The van der Waals surface area contributed by atoms with Crippen molar-refractivity contribution in [1.82, 2.24) is 5.32 Å². The molecule has 0 amide bonds. The van der Waals surface area contributed by atoms with Crippen molar-refractivity contribution in [3.05, 3.63) is 35.4 Å². The van der Waals surface area contributed by atoms with Gasteiger partial charge in [0.2, 0.25) is 0 Å². The van der Waals surface area contributed by atoms with Crippen LogP contribution in [-0.4, -0.2) is 18.3 Å². The molecule has 1 rings (SSSR count). The first-order valence-corrected chi connectivity index (χ1v) is 5.35. The first-order chi connectivity index (χ1) is 7.55. The van der Waals surface area contributed by atoms with E-state index in [1.165, 1.54) is 18.2 Å². The Hall–Kier alpha value is -1.00. The number of hydrogen-bond donors (Lipinski definition) is 2. The summed E-state index contributed by atoms with van der Waals surface area (Å²) >= 11 is 0. The van der Waals surface area contributed by atoms with Gasteiger partial charge in [0.25, 0.3) is 0 Å². The van der Waals surface area contributed by atoms with Gasteiger partial charge in [-0.25, -0.2) is 8.78 Å². The Bertz CT molecular complexity index is 329. The van der Waals surface area contributed by atoms with E-state index < -0.39 is 17.2 Å². The molecule has 1 atom stereocenters. The molecule has 0 aromatic heterocycles. The largest absolute Gasteiger partial charge is 0.396 e. The minimum atomic E-state index is -0.876. The van der Waals surface area contributed by atoms with Crippen LogP contribution in [0, 0.1) is 11.6 Å². The number of aliphatic hydroxyl groups is 1. The van der Waals surface area contributed by atoms with Gasteiger partial charge in [-0.3, -0.25) is 0 Å². The van der Waals surface area contributed by atoms with E-state index in [1.54, 1.807) is 6.92 Å². The number of halogens is 2. The van der Waals surface area contributed by atoms with Gasteiger partial charge in [0, 0.05) is 17.7 Å². The van der Waals surface area contributed by atoms with E-state index in [2.05, 4.69) is 5.32 Å². The maximum absolute atomic E-state index is 13.6. The second-order valence-corrected chi connectivity index (χ2v) is 3.93. The van der Waals surface area contributed by atoms with E-state index in [0.29, 0.717) is 6.54 Å². The van der Waals surface area contributed by atoms with Crippen LogP contribution in [-0.2, 0) is 5.54 Å². The maximum Gasteiger partial charge on any atom is 0.131 e. The minimum Gasteiger partial charge on any atom is -0.396 e. The molecule has 90 valence electrons. The van der Waals surface area contributed by atoms with Crippen LogP contribution in [0.3, 0.4) is 0 Å². The van der Waals surface area contributed by atoms with Gasteiger partial charge in [-0.05, 0) is 32.0 Å². The summed E-state index contributed by atoms with van der Waals surface area (Å²) in [5, 5.41) is 12.0. The Kier molecular flexibility index (Phi) is 4.38. The lowest BCUT2D eigenvalue weighted by Crippen LogP contribution is -2.41. The number of rotatable bonds is 5. The van der Waals surface area contributed by atoms with E-state index in [0.717, 1.165) is 0 Å². The fourth-order valence-corrected chi connectivity index (χ4v) is 1.94. The number of aliphatic hydroxyl groups excluding tert-OH is 1. The Labute approximate surface area is 94.3 Å². The monoisotopic (exact) mass is 229 g/mol. The first-order valence-electron chi connectivity index (χ1n) is 5.35. The lowest BCUT2D eigenvalue weighted by Gasteiger charge is -2.31. The molecule has 0 fully saturated rings. The highest BCUT2D eigenvalue weighted by atomic mass is 19.1. The van der Waals surface area contributed by atoms with E-state index in [-0.39, 0.29) is 18.6 Å². The molecule has 0 saturated heterocycles. The standard InChI is InChI=1S/C12H17F2NO/c1-3-15-12(2,7-8-16)11-9(13)5-4-6-10(11)14/h4-6,15-16H,3,7-8H2,1-2H3. The molecule has 16 heavy (non-hydrogen) atoms. The molecule has 2 N–H and O–H groups in total. The fraction of sp³-hybridized carbons (Fsp3) is 0.500. The van der Waals surface area contributed by atoms with Crippen LogP contribution in [0.25, 0.3) is 0 Å². The Morgan fingerprint density at radius 2 is 1.88 bits per heavy atom. The highest BCUT2D eigenvalue weighted by molar-refractivity contribution is 5.27. The molecule has 1 aromatic rings. The lowest BCUT2D eigenvalue weighted by molar-refractivity contribution is 0.215. The van der Waals surface area contributed by atoms with Crippen LogP contribution in [0.5, 0.6) is 0 Å². The van der Waals surface area contributed by atoms with Crippen molar-refractivity contribution in [3.63, 3.8) is 0 Å². The summed E-state index contributed by atoms with van der Waals surface area (Å²) < 4.78 is 27.3. The number of nitrogens with one attached hydrogen (secondary N) is 1. The Morgan fingerprint density at radius 1 is 1.31 bits per heavy atom. The second kappa shape index (κ2) is 5.37.